The Kier molecular flexibility index (Phi) is 4.92. The highest BCUT2D eigenvalue weighted by molar-refractivity contribution is 6.33. The fourth-order valence-electron chi connectivity index (χ4n) is 2.85. The number of carbonyl (C=O) groups is 1. The Balaban J connectivity index is 2.13. The Morgan fingerprint density at radius 3 is 2.60 bits per heavy atom. The van der Waals surface area contributed by atoms with Gasteiger partial charge in [0.25, 0.3) is 5.91 Å². The minimum Gasteiger partial charge on any atom is -0.381 e. The summed E-state index contributed by atoms with van der Waals surface area (Å²) in [6.07, 6.45) is 5.21. The molecule has 3 nitrogen and oxygen atoms in total. The van der Waals surface area contributed by atoms with Gasteiger partial charge in [0.15, 0.2) is 0 Å². The Hall–Kier alpha value is -1.22. The van der Waals surface area contributed by atoms with Crippen LogP contribution in [0.15, 0.2) is 18.2 Å². The molecule has 1 amide bonds. The van der Waals surface area contributed by atoms with Gasteiger partial charge in [-0.1, -0.05) is 24.4 Å². The number of nitrogens with one attached hydrogen (secondary N) is 1. The third-order valence-electron chi connectivity index (χ3n) is 4.11. The van der Waals surface area contributed by atoms with E-state index < -0.39 is 0 Å². The Labute approximate surface area is 126 Å². The molecule has 1 fully saturated rings. The topological polar surface area (TPSA) is 32.3 Å². The second kappa shape index (κ2) is 6.49. The molecular formula is C16H23ClN2O. The fourth-order valence-corrected chi connectivity index (χ4v) is 3.02. The van der Waals surface area contributed by atoms with E-state index in [1.807, 2.05) is 6.07 Å². The summed E-state index contributed by atoms with van der Waals surface area (Å²) in [5.41, 5.74) is 1.53. The van der Waals surface area contributed by atoms with E-state index in [4.69, 9.17) is 11.6 Å². The van der Waals surface area contributed by atoms with Gasteiger partial charge in [-0.2, -0.15) is 0 Å². The van der Waals surface area contributed by atoms with Crippen LogP contribution < -0.4 is 5.32 Å². The van der Waals surface area contributed by atoms with Crippen LogP contribution in [0.4, 0.5) is 5.69 Å². The highest BCUT2D eigenvalue weighted by Gasteiger charge is 2.22. The zero-order valence-corrected chi connectivity index (χ0v) is 13.2. The van der Waals surface area contributed by atoms with Crippen LogP contribution in [0.5, 0.6) is 0 Å². The molecule has 20 heavy (non-hydrogen) atoms. The third-order valence-corrected chi connectivity index (χ3v) is 4.44. The molecule has 1 atom stereocenters. The van der Waals surface area contributed by atoms with Gasteiger partial charge in [-0.15, -0.1) is 0 Å². The predicted octanol–water partition coefficient (Wildman–Crippen LogP) is 4.03. The van der Waals surface area contributed by atoms with Crippen molar-refractivity contribution < 1.29 is 4.79 Å². The standard InChI is InChI=1S/C16H23ClN2O/c1-11(12-6-4-5-7-12)18-15-10-13(8-9-14(15)17)16(20)19(2)3/h8-12,18H,4-7H2,1-3H3. The second-order valence-electron chi connectivity index (χ2n) is 5.87. The van der Waals surface area contributed by atoms with Crippen molar-refractivity contribution in [2.75, 3.05) is 19.4 Å². The number of rotatable bonds is 4. The number of carbonyl (C=O) groups excluding carboxylic acids is 1. The van der Waals surface area contributed by atoms with Gasteiger partial charge in [0, 0.05) is 25.7 Å². The molecule has 110 valence electrons. The van der Waals surface area contributed by atoms with Crippen molar-refractivity contribution in [3.05, 3.63) is 28.8 Å². The molecule has 0 heterocycles. The molecule has 0 aliphatic heterocycles. The third kappa shape index (κ3) is 3.45. The van der Waals surface area contributed by atoms with Gasteiger partial charge in [0.2, 0.25) is 0 Å². The Morgan fingerprint density at radius 2 is 2.00 bits per heavy atom. The Morgan fingerprint density at radius 1 is 1.35 bits per heavy atom. The normalized spacial score (nSPS) is 17.0. The highest BCUT2D eigenvalue weighted by atomic mass is 35.5. The molecule has 0 bridgehead atoms. The SMILES string of the molecule is CC(Nc1cc(C(=O)N(C)C)ccc1Cl)C1CCCC1. The molecule has 1 saturated carbocycles. The second-order valence-corrected chi connectivity index (χ2v) is 6.28. The molecule has 4 heteroatoms. The molecule has 1 aliphatic carbocycles. The van der Waals surface area contributed by atoms with Gasteiger partial charge in [-0.3, -0.25) is 4.79 Å². The summed E-state index contributed by atoms with van der Waals surface area (Å²) in [7, 11) is 3.51. The summed E-state index contributed by atoms with van der Waals surface area (Å²) in [6, 6.07) is 5.81. The fraction of sp³-hybridized carbons (Fsp3) is 0.562. The number of hydrogen-bond acceptors (Lipinski definition) is 2. The highest BCUT2D eigenvalue weighted by Crippen LogP contribution is 2.31. The van der Waals surface area contributed by atoms with E-state index in [0.717, 1.165) is 5.69 Å². The molecular weight excluding hydrogens is 272 g/mol. The number of halogens is 1. The van der Waals surface area contributed by atoms with E-state index in [-0.39, 0.29) is 5.91 Å². The monoisotopic (exact) mass is 294 g/mol. The minimum absolute atomic E-state index is 0.00163. The summed E-state index contributed by atoms with van der Waals surface area (Å²) in [5, 5.41) is 4.16. The van der Waals surface area contributed by atoms with Crippen LogP contribution in [-0.4, -0.2) is 30.9 Å². The van der Waals surface area contributed by atoms with E-state index in [2.05, 4.69) is 12.2 Å². The summed E-state index contributed by atoms with van der Waals surface area (Å²) in [4.78, 5) is 13.6. The molecule has 0 saturated heterocycles. The van der Waals surface area contributed by atoms with Gasteiger partial charge in [0.05, 0.1) is 10.7 Å². The van der Waals surface area contributed by atoms with Crippen molar-refractivity contribution in [1.82, 2.24) is 4.90 Å². The quantitative estimate of drug-likeness (QED) is 0.909. The van der Waals surface area contributed by atoms with Crippen LogP contribution in [0.1, 0.15) is 43.0 Å². The van der Waals surface area contributed by atoms with Crippen molar-refractivity contribution in [2.24, 2.45) is 5.92 Å². The van der Waals surface area contributed by atoms with Crippen LogP contribution in [0.25, 0.3) is 0 Å². The van der Waals surface area contributed by atoms with Crippen LogP contribution in [0.3, 0.4) is 0 Å². The summed E-state index contributed by atoms with van der Waals surface area (Å²) >= 11 is 6.24. The smallest absolute Gasteiger partial charge is 0.253 e. The first-order valence-electron chi connectivity index (χ1n) is 7.27. The summed E-state index contributed by atoms with van der Waals surface area (Å²) < 4.78 is 0. The van der Waals surface area contributed by atoms with E-state index in [1.54, 1.807) is 31.1 Å². The molecule has 1 aliphatic rings. The van der Waals surface area contributed by atoms with E-state index in [0.29, 0.717) is 22.5 Å². The van der Waals surface area contributed by atoms with Gasteiger partial charge in [0.1, 0.15) is 0 Å². The van der Waals surface area contributed by atoms with Gasteiger partial charge >= 0.3 is 0 Å². The van der Waals surface area contributed by atoms with E-state index >= 15 is 0 Å². The molecule has 1 unspecified atom stereocenters. The van der Waals surface area contributed by atoms with Crippen molar-refractivity contribution >= 4 is 23.2 Å². The number of amides is 1. The molecule has 2 rings (SSSR count). The first-order valence-corrected chi connectivity index (χ1v) is 7.64. The van der Waals surface area contributed by atoms with Crippen LogP contribution in [-0.2, 0) is 0 Å². The summed E-state index contributed by atoms with van der Waals surface area (Å²) in [6.45, 7) is 2.20. The van der Waals surface area contributed by atoms with Crippen molar-refractivity contribution in [2.45, 2.75) is 38.6 Å². The van der Waals surface area contributed by atoms with Crippen molar-refractivity contribution in [3.63, 3.8) is 0 Å². The number of hydrogen-bond donors (Lipinski definition) is 1. The average Bonchev–Trinajstić information content (AvgIpc) is 2.94. The maximum atomic E-state index is 12.0. The lowest BCUT2D eigenvalue weighted by Crippen LogP contribution is -2.25. The van der Waals surface area contributed by atoms with Crippen LogP contribution in [0, 0.1) is 5.92 Å². The minimum atomic E-state index is -0.00163. The largest absolute Gasteiger partial charge is 0.381 e. The molecule has 1 N–H and O–H groups in total. The molecule has 1 aromatic carbocycles. The van der Waals surface area contributed by atoms with Gasteiger partial charge in [-0.25, -0.2) is 0 Å². The van der Waals surface area contributed by atoms with E-state index in [1.165, 1.54) is 25.7 Å². The molecule has 1 aromatic rings. The number of benzene rings is 1. The lowest BCUT2D eigenvalue weighted by atomic mass is 9.99. The van der Waals surface area contributed by atoms with Crippen LogP contribution >= 0.6 is 11.6 Å². The lowest BCUT2D eigenvalue weighted by Gasteiger charge is -2.23. The zero-order chi connectivity index (χ0) is 14.7. The molecule has 0 spiro atoms. The average molecular weight is 295 g/mol. The van der Waals surface area contributed by atoms with Crippen molar-refractivity contribution in [1.29, 1.82) is 0 Å². The number of anilines is 1. The first-order chi connectivity index (χ1) is 9.49. The molecule has 0 aromatic heterocycles. The van der Waals surface area contributed by atoms with E-state index in [9.17, 15) is 4.79 Å². The van der Waals surface area contributed by atoms with Gasteiger partial charge in [-0.05, 0) is 43.9 Å². The number of nitrogens with zero attached hydrogens (tertiary/aromatic N) is 1. The Bertz CT molecular complexity index is 481. The van der Waals surface area contributed by atoms with Gasteiger partial charge < -0.3 is 10.2 Å². The maximum absolute atomic E-state index is 12.0. The molecule has 0 radical (unpaired) electrons. The maximum Gasteiger partial charge on any atom is 0.253 e. The predicted molar refractivity (Wildman–Crippen MR) is 84.5 cm³/mol. The van der Waals surface area contributed by atoms with Crippen LogP contribution in [0.2, 0.25) is 5.02 Å². The van der Waals surface area contributed by atoms with Crippen molar-refractivity contribution in [3.8, 4) is 0 Å². The summed E-state index contributed by atoms with van der Waals surface area (Å²) in [5.74, 6) is 0.706. The zero-order valence-electron chi connectivity index (χ0n) is 12.4. The lowest BCUT2D eigenvalue weighted by molar-refractivity contribution is 0.0827. The first kappa shape index (κ1) is 15.2.